The fourth-order valence-corrected chi connectivity index (χ4v) is 3.48. The summed E-state index contributed by atoms with van der Waals surface area (Å²) in [5.74, 6) is 1.21. The average molecular weight is 287 g/mol. The van der Waals surface area contributed by atoms with Crippen molar-refractivity contribution in [1.82, 2.24) is 14.4 Å². The number of sulfonamides is 1. The van der Waals surface area contributed by atoms with Gasteiger partial charge in [0.1, 0.15) is 0 Å². The maximum atomic E-state index is 11.9. The van der Waals surface area contributed by atoms with E-state index < -0.39 is 10.0 Å². The Morgan fingerprint density at radius 2 is 2.05 bits per heavy atom. The number of aromatic nitrogens is 2. The van der Waals surface area contributed by atoms with E-state index in [0.717, 1.165) is 25.7 Å². The van der Waals surface area contributed by atoms with Crippen LogP contribution in [-0.2, 0) is 10.0 Å². The summed E-state index contributed by atoms with van der Waals surface area (Å²) in [4.78, 5) is 4.35. The average Bonchev–Trinajstić information content (AvgIpc) is 2.65. The Morgan fingerprint density at radius 3 is 2.63 bits per heavy atom. The molecule has 0 amide bonds. The van der Waals surface area contributed by atoms with Crippen LogP contribution in [0.4, 0.5) is 0 Å². The minimum absolute atomic E-state index is 0.152. The molecule has 19 heavy (non-hydrogen) atoms. The van der Waals surface area contributed by atoms with Crippen LogP contribution in [0.2, 0.25) is 0 Å². The number of rotatable bonds is 3. The minimum atomic E-state index is -3.25. The van der Waals surface area contributed by atoms with Crippen molar-refractivity contribution in [2.75, 3.05) is 12.8 Å². The summed E-state index contributed by atoms with van der Waals surface area (Å²) in [5.41, 5.74) is 0. The quantitative estimate of drug-likeness (QED) is 0.850. The molecule has 1 aliphatic rings. The van der Waals surface area contributed by atoms with Gasteiger partial charge in [-0.15, -0.1) is 0 Å². The molecule has 1 atom stereocenters. The lowest BCUT2D eigenvalue weighted by molar-refractivity contribution is 0.302. The molecule has 1 saturated heterocycles. The van der Waals surface area contributed by atoms with Gasteiger partial charge in [0.2, 0.25) is 15.9 Å². The maximum absolute atomic E-state index is 11.9. The van der Waals surface area contributed by atoms with Crippen molar-refractivity contribution >= 4 is 10.0 Å². The van der Waals surface area contributed by atoms with Gasteiger partial charge in [-0.25, -0.2) is 8.42 Å². The zero-order valence-corrected chi connectivity index (χ0v) is 12.5. The van der Waals surface area contributed by atoms with E-state index in [9.17, 15) is 8.42 Å². The van der Waals surface area contributed by atoms with Gasteiger partial charge in [-0.3, -0.25) is 0 Å². The summed E-state index contributed by atoms with van der Waals surface area (Å²) in [6.07, 6.45) is 4.91. The standard InChI is InChI=1S/C12H21N3O3S/c1-9(2)12-13-11(14-18-12)10-7-5-4-6-8-15(10)19(3,16)17/h9-10H,4-8H2,1-3H3/t10-/m0/s1. The van der Waals surface area contributed by atoms with E-state index in [2.05, 4.69) is 10.1 Å². The normalized spacial score (nSPS) is 22.6. The predicted molar refractivity (Wildman–Crippen MR) is 71.1 cm³/mol. The molecule has 7 heteroatoms. The van der Waals surface area contributed by atoms with Crippen molar-refractivity contribution in [3.8, 4) is 0 Å². The zero-order valence-electron chi connectivity index (χ0n) is 11.7. The first-order valence-electron chi connectivity index (χ1n) is 6.70. The molecule has 0 spiro atoms. The molecule has 2 rings (SSSR count). The molecule has 0 N–H and O–H groups in total. The smallest absolute Gasteiger partial charge is 0.229 e. The molecule has 1 aliphatic heterocycles. The summed E-state index contributed by atoms with van der Waals surface area (Å²) in [6.45, 7) is 4.48. The molecular weight excluding hydrogens is 266 g/mol. The molecule has 1 aromatic heterocycles. The summed E-state index contributed by atoms with van der Waals surface area (Å²) in [7, 11) is -3.25. The Morgan fingerprint density at radius 1 is 1.32 bits per heavy atom. The van der Waals surface area contributed by atoms with Crippen LogP contribution in [0.25, 0.3) is 0 Å². The Labute approximate surface area is 114 Å². The fourth-order valence-electron chi connectivity index (χ4n) is 2.35. The van der Waals surface area contributed by atoms with E-state index in [1.54, 1.807) is 0 Å². The molecule has 0 unspecified atom stereocenters. The SMILES string of the molecule is CC(C)c1nc([C@@H]2CCCCCN2S(C)(=O)=O)no1. The molecule has 0 saturated carbocycles. The highest BCUT2D eigenvalue weighted by Crippen LogP contribution is 2.30. The lowest BCUT2D eigenvalue weighted by Crippen LogP contribution is -2.34. The van der Waals surface area contributed by atoms with Gasteiger partial charge in [-0.1, -0.05) is 31.8 Å². The Balaban J connectivity index is 2.31. The van der Waals surface area contributed by atoms with Gasteiger partial charge in [0, 0.05) is 12.5 Å². The van der Waals surface area contributed by atoms with E-state index in [0.29, 0.717) is 18.3 Å². The van der Waals surface area contributed by atoms with Crippen LogP contribution < -0.4 is 0 Å². The third kappa shape index (κ3) is 3.33. The zero-order chi connectivity index (χ0) is 14.0. The van der Waals surface area contributed by atoms with Crippen molar-refractivity contribution in [3.63, 3.8) is 0 Å². The predicted octanol–water partition coefficient (Wildman–Crippen LogP) is 2.07. The van der Waals surface area contributed by atoms with E-state index in [1.165, 1.54) is 10.6 Å². The lowest BCUT2D eigenvalue weighted by Gasteiger charge is -2.24. The van der Waals surface area contributed by atoms with Crippen LogP contribution in [0, 0.1) is 0 Å². The molecule has 1 fully saturated rings. The number of hydrogen-bond donors (Lipinski definition) is 0. The van der Waals surface area contributed by atoms with Crippen LogP contribution in [-0.4, -0.2) is 35.7 Å². The highest BCUT2D eigenvalue weighted by molar-refractivity contribution is 7.88. The third-order valence-electron chi connectivity index (χ3n) is 3.38. The molecular formula is C12H21N3O3S. The maximum Gasteiger partial charge on any atom is 0.229 e. The molecule has 2 heterocycles. The van der Waals surface area contributed by atoms with E-state index >= 15 is 0 Å². The molecule has 6 nitrogen and oxygen atoms in total. The molecule has 1 aromatic rings. The minimum Gasteiger partial charge on any atom is -0.339 e. The number of nitrogens with zero attached hydrogens (tertiary/aromatic N) is 3. The van der Waals surface area contributed by atoms with Crippen molar-refractivity contribution in [3.05, 3.63) is 11.7 Å². The van der Waals surface area contributed by atoms with E-state index in [1.807, 2.05) is 13.8 Å². The van der Waals surface area contributed by atoms with Crippen molar-refractivity contribution in [1.29, 1.82) is 0 Å². The summed E-state index contributed by atoms with van der Waals surface area (Å²) >= 11 is 0. The van der Waals surface area contributed by atoms with Gasteiger partial charge < -0.3 is 4.52 Å². The van der Waals surface area contributed by atoms with Gasteiger partial charge in [-0.2, -0.15) is 9.29 Å². The van der Waals surface area contributed by atoms with Gasteiger partial charge in [0.05, 0.1) is 12.3 Å². The molecule has 108 valence electrons. The molecule has 0 radical (unpaired) electrons. The first-order chi connectivity index (χ1) is 8.89. The molecule has 0 aromatic carbocycles. The Kier molecular flexibility index (Phi) is 4.25. The summed E-state index contributed by atoms with van der Waals surface area (Å²) in [5, 5.41) is 3.97. The second kappa shape index (κ2) is 5.58. The lowest BCUT2D eigenvalue weighted by atomic mass is 10.1. The van der Waals surface area contributed by atoms with Gasteiger partial charge >= 0.3 is 0 Å². The van der Waals surface area contributed by atoms with Gasteiger partial charge in [-0.05, 0) is 12.8 Å². The second-order valence-electron chi connectivity index (χ2n) is 5.38. The van der Waals surface area contributed by atoms with Gasteiger partial charge in [0.25, 0.3) is 0 Å². The largest absolute Gasteiger partial charge is 0.339 e. The van der Waals surface area contributed by atoms with E-state index in [-0.39, 0.29) is 12.0 Å². The first kappa shape index (κ1) is 14.5. The van der Waals surface area contributed by atoms with Crippen LogP contribution in [0.3, 0.4) is 0 Å². The molecule has 0 bridgehead atoms. The van der Waals surface area contributed by atoms with Crippen LogP contribution in [0.1, 0.15) is 63.2 Å². The van der Waals surface area contributed by atoms with Crippen molar-refractivity contribution < 1.29 is 12.9 Å². The van der Waals surface area contributed by atoms with Gasteiger partial charge in [0.15, 0.2) is 5.82 Å². The second-order valence-corrected chi connectivity index (χ2v) is 7.32. The third-order valence-corrected chi connectivity index (χ3v) is 4.67. The molecule has 0 aliphatic carbocycles. The first-order valence-corrected chi connectivity index (χ1v) is 8.54. The van der Waals surface area contributed by atoms with Crippen LogP contribution in [0.15, 0.2) is 4.52 Å². The summed E-state index contributed by atoms with van der Waals surface area (Å²) in [6, 6.07) is -0.284. The topological polar surface area (TPSA) is 76.3 Å². The van der Waals surface area contributed by atoms with Crippen LogP contribution >= 0.6 is 0 Å². The van der Waals surface area contributed by atoms with Crippen molar-refractivity contribution in [2.45, 2.75) is 51.5 Å². The Hall–Kier alpha value is -0.950. The number of hydrogen-bond acceptors (Lipinski definition) is 5. The van der Waals surface area contributed by atoms with Crippen molar-refractivity contribution in [2.24, 2.45) is 0 Å². The summed E-state index contributed by atoms with van der Waals surface area (Å²) < 4.78 is 30.5. The Bertz CT molecular complexity index is 524. The highest BCUT2D eigenvalue weighted by Gasteiger charge is 2.32. The fraction of sp³-hybridized carbons (Fsp3) is 0.833. The monoisotopic (exact) mass is 287 g/mol. The van der Waals surface area contributed by atoms with Crippen LogP contribution in [0.5, 0.6) is 0 Å². The highest BCUT2D eigenvalue weighted by atomic mass is 32.2. The van der Waals surface area contributed by atoms with E-state index in [4.69, 9.17) is 4.52 Å².